The molecular formula is C23H27ClN4O5S. The maximum absolute atomic E-state index is 11.7. The smallest absolute Gasteiger partial charge is 0.295 e. The number of likely N-dealkylation sites (tertiary alicyclic amines) is 1. The fourth-order valence-electron chi connectivity index (χ4n) is 3.96. The van der Waals surface area contributed by atoms with Crippen molar-refractivity contribution in [3.05, 3.63) is 53.6 Å². The maximum atomic E-state index is 11.7. The lowest BCUT2D eigenvalue weighted by molar-refractivity contribution is 0.210. The van der Waals surface area contributed by atoms with Gasteiger partial charge in [0.1, 0.15) is 17.0 Å². The number of methoxy groups -OCH3 is 1. The summed E-state index contributed by atoms with van der Waals surface area (Å²) >= 11 is 6.04. The molecule has 0 spiro atoms. The summed E-state index contributed by atoms with van der Waals surface area (Å²) in [5, 5.41) is 8.52. The average Bonchev–Trinajstić information content (AvgIpc) is 3.19. The molecule has 0 aliphatic carbocycles. The largest absolute Gasteiger partial charge is 0.493 e. The second-order valence-electron chi connectivity index (χ2n) is 8.09. The number of halogens is 1. The number of nitrogens with two attached hydrogens (primary N) is 1. The Labute approximate surface area is 203 Å². The molecule has 3 N–H and O–H groups in total. The van der Waals surface area contributed by atoms with Gasteiger partial charge in [-0.25, -0.2) is 13.6 Å². The van der Waals surface area contributed by atoms with Crippen molar-refractivity contribution in [2.45, 2.75) is 30.3 Å². The molecular weight excluding hydrogens is 480 g/mol. The van der Waals surface area contributed by atoms with Crippen LogP contribution in [0.15, 0.2) is 52.3 Å². The third kappa shape index (κ3) is 5.64. The van der Waals surface area contributed by atoms with Crippen LogP contribution < -0.4 is 19.9 Å². The zero-order valence-corrected chi connectivity index (χ0v) is 20.4. The van der Waals surface area contributed by atoms with Crippen molar-refractivity contribution >= 4 is 38.7 Å². The first-order chi connectivity index (χ1) is 16.3. The highest BCUT2D eigenvalue weighted by molar-refractivity contribution is 7.89. The summed E-state index contributed by atoms with van der Waals surface area (Å²) in [6.07, 6.45) is 3.50. The van der Waals surface area contributed by atoms with Gasteiger partial charge in [0, 0.05) is 31.7 Å². The van der Waals surface area contributed by atoms with Crippen molar-refractivity contribution in [3.63, 3.8) is 0 Å². The number of primary sulfonamides is 1. The number of fused-ring (bicyclic) bond motifs is 1. The van der Waals surface area contributed by atoms with Crippen molar-refractivity contribution in [1.29, 1.82) is 0 Å². The van der Waals surface area contributed by atoms with Gasteiger partial charge in [0.25, 0.3) is 6.01 Å². The Morgan fingerprint density at radius 2 is 2.06 bits per heavy atom. The molecule has 1 aliphatic rings. The van der Waals surface area contributed by atoms with Gasteiger partial charge in [0.2, 0.25) is 10.0 Å². The first kappa shape index (κ1) is 24.3. The number of nitrogens with zero attached hydrogens (tertiary/aromatic N) is 2. The van der Waals surface area contributed by atoms with Crippen LogP contribution in [-0.4, -0.2) is 51.1 Å². The normalized spacial score (nSPS) is 15.4. The van der Waals surface area contributed by atoms with E-state index in [9.17, 15) is 8.42 Å². The Balaban J connectivity index is 1.36. The van der Waals surface area contributed by atoms with Crippen LogP contribution in [0.2, 0.25) is 5.02 Å². The van der Waals surface area contributed by atoms with Crippen LogP contribution in [0.3, 0.4) is 0 Å². The number of hydrogen-bond donors (Lipinski definition) is 2. The van der Waals surface area contributed by atoms with Crippen molar-refractivity contribution in [2.24, 2.45) is 5.14 Å². The third-order valence-electron chi connectivity index (χ3n) is 5.65. The Hall–Kier alpha value is -2.79. The third-order valence-corrected chi connectivity index (χ3v) is 7.03. The Kier molecular flexibility index (Phi) is 7.32. The maximum Gasteiger partial charge on any atom is 0.295 e. The molecule has 1 aromatic heterocycles. The number of ether oxygens (including phenoxy) is 2. The van der Waals surface area contributed by atoms with Gasteiger partial charge >= 0.3 is 0 Å². The number of hydrogen-bond acceptors (Lipinski definition) is 8. The fraction of sp³-hybridized carbons (Fsp3) is 0.348. The summed E-state index contributed by atoms with van der Waals surface area (Å²) in [7, 11) is -2.33. The van der Waals surface area contributed by atoms with Crippen LogP contribution in [0.4, 0.5) is 6.01 Å². The van der Waals surface area contributed by atoms with Gasteiger partial charge in [-0.05, 0) is 36.6 Å². The van der Waals surface area contributed by atoms with Crippen LogP contribution in [0.1, 0.15) is 18.4 Å². The summed E-state index contributed by atoms with van der Waals surface area (Å²) < 4.78 is 40.1. The highest BCUT2D eigenvalue weighted by Gasteiger charge is 2.22. The number of anilines is 1. The van der Waals surface area contributed by atoms with E-state index in [4.69, 9.17) is 30.6 Å². The van der Waals surface area contributed by atoms with E-state index < -0.39 is 10.0 Å². The molecule has 2 heterocycles. The van der Waals surface area contributed by atoms with E-state index in [1.54, 1.807) is 13.2 Å². The van der Waals surface area contributed by atoms with Gasteiger partial charge in [-0.15, -0.1) is 0 Å². The summed E-state index contributed by atoms with van der Waals surface area (Å²) in [5.74, 6) is 1.41. The van der Waals surface area contributed by atoms with Gasteiger partial charge in [0.05, 0.1) is 12.1 Å². The molecule has 1 fully saturated rings. The number of rotatable bonds is 9. The topological polar surface area (TPSA) is 120 Å². The summed E-state index contributed by atoms with van der Waals surface area (Å²) in [4.78, 5) is 6.57. The molecule has 0 amide bonds. The lowest BCUT2D eigenvalue weighted by atomic mass is 10.0. The van der Waals surface area contributed by atoms with E-state index >= 15 is 0 Å². The predicted molar refractivity (Wildman–Crippen MR) is 131 cm³/mol. The van der Waals surface area contributed by atoms with Crippen LogP contribution in [0, 0.1) is 0 Å². The van der Waals surface area contributed by atoms with Crippen LogP contribution in [0.5, 0.6) is 11.5 Å². The molecule has 1 aliphatic heterocycles. The molecule has 0 bridgehead atoms. The van der Waals surface area contributed by atoms with Crippen LogP contribution in [-0.2, 0) is 16.6 Å². The number of piperidine rings is 1. The molecule has 182 valence electrons. The molecule has 0 atom stereocenters. The van der Waals surface area contributed by atoms with E-state index in [2.05, 4.69) is 21.8 Å². The molecule has 0 saturated carbocycles. The van der Waals surface area contributed by atoms with Crippen LogP contribution >= 0.6 is 11.6 Å². The van der Waals surface area contributed by atoms with Gasteiger partial charge in [-0.3, -0.25) is 4.90 Å². The predicted octanol–water partition coefficient (Wildman–Crippen LogP) is 3.78. The molecule has 0 unspecified atom stereocenters. The van der Waals surface area contributed by atoms with E-state index in [0.717, 1.165) is 38.0 Å². The van der Waals surface area contributed by atoms with E-state index in [-0.39, 0.29) is 16.0 Å². The second kappa shape index (κ2) is 10.2. The average molecular weight is 507 g/mol. The zero-order valence-electron chi connectivity index (χ0n) is 18.8. The zero-order chi connectivity index (χ0) is 24.3. The van der Waals surface area contributed by atoms with Crippen molar-refractivity contribution in [2.75, 3.05) is 32.1 Å². The minimum atomic E-state index is -3.95. The Morgan fingerprint density at radius 1 is 1.29 bits per heavy atom. The monoisotopic (exact) mass is 506 g/mol. The van der Waals surface area contributed by atoms with Gasteiger partial charge in [-0.2, -0.15) is 4.98 Å². The number of aromatic nitrogens is 1. The van der Waals surface area contributed by atoms with E-state index in [1.165, 1.54) is 12.1 Å². The second-order valence-corrected chi connectivity index (χ2v) is 10.0. The van der Waals surface area contributed by atoms with E-state index in [1.807, 2.05) is 18.2 Å². The quantitative estimate of drug-likeness (QED) is 0.421. The SMILES string of the molecule is C=CCOc1cc(CN2CCC(Nc3nc4cc(Cl)c(S(N)(=O)=O)cc4o3)CC2)ccc1OC. The number of nitrogens with one attached hydrogen (secondary N) is 1. The molecule has 0 radical (unpaired) electrons. The van der Waals surface area contributed by atoms with Gasteiger partial charge < -0.3 is 19.2 Å². The highest BCUT2D eigenvalue weighted by Crippen LogP contribution is 2.31. The minimum Gasteiger partial charge on any atom is -0.493 e. The first-order valence-corrected chi connectivity index (χ1v) is 12.7. The molecule has 1 saturated heterocycles. The summed E-state index contributed by atoms with van der Waals surface area (Å²) in [5.41, 5.74) is 1.92. The van der Waals surface area contributed by atoms with Crippen molar-refractivity contribution < 1.29 is 22.3 Å². The lowest BCUT2D eigenvalue weighted by Gasteiger charge is -2.32. The first-order valence-electron chi connectivity index (χ1n) is 10.8. The van der Waals surface area contributed by atoms with Crippen LogP contribution in [0.25, 0.3) is 11.1 Å². The number of oxazole rings is 1. The van der Waals surface area contributed by atoms with Gasteiger partial charge in [-0.1, -0.05) is 30.3 Å². The van der Waals surface area contributed by atoms with E-state index in [0.29, 0.717) is 35.2 Å². The molecule has 3 aromatic rings. The molecule has 4 rings (SSSR count). The number of benzene rings is 2. The number of sulfonamides is 1. The summed E-state index contributed by atoms with van der Waals surface area (Å²) in [6, 6.07) is 9.22. The Morgan fingerprint density at radius 3 is 2.74 bits per heavy atom. The molecule has 9 nitrogen and oxygen atoms in total. The lowest BCUT2D eigenvalue weighted by Crippen LogP contribution is -2.38. The van der Waals surface area contributed by atoms with Gasteiger partial charge in [0.15, 0.2) is 17.1 Å². The van der Waals surface area contributed by atoms with Crippen molar-refractivity contribution in [3.8, 4) is 11.5 Å². The molecule has 34 heavy (non-hydrogen) atoms. The fourth-order valence-corrected chi connectivity index (χ4v) is 5.04. The summed E-state index contributed by atoms with van der Waals surface area (Å²) in [6.45, 7) is 6.71. The molecule has 11 heteroatoms. The standard InChI is InChI=1S/C23H27ClN4O5S/c1-3-10-32-21-11-15(4-5-19(21)31-2)14-28-8-6-16(7-9-28)26-23-27-18-12-17(24)22(34(25,29)30)13-20(18)33-23/h3-5,11-13,16H,1,6-10,14H2,2H3,(H,26,27)(H2,25,29,30). The Bertz CT molecular complexity index is 1290. The molecule has 2 aromatic carbocycles. The minimum absolute atomic E-state index is 0.0136. The van der Waals surface area contributed by atoms with Crippen molar-refractivity contribution in [1.82, 2.24) is 9.88 Å². The highest BCUT2D eigenvalue weighted by atomic mass is 35.5.